The Morgan fingerprint density at radius 1 is 1.00 bits per heavy atom. The fourth-order valence-corrected chi connectivity index (χ4v) is 4.16. The lowest BCUT2D eigenvalue weighted by Gasteiger charge is -2.31. The normalized spacial score (nSPS) is 13.6. The molecule has 43 heavy (non-hydrogen) atoms. The van der Waals surface area contributed by atoms with Gasteiger partial charge >= 0.3 is 6.09 Å². The number of benzene rings is 1. The van der Waals surface area contributed by atoms with Gasteiger partial charge in [-0.1, -0.05) is 24.0 Å². The number of carbonyl (C=O) groups is 3. The molecule has 3 rings (SSSR count). The summed E-state index contributed by atoms with van der Waals surface area (Å²) in [4.78, 5) is 41.1. The highest BCUT2D eigenvalue weighted by Gasteiger charge is 2.26. The Bertz CT molecular complexity index is 1420. The molecule has 1 fully saturated rings. The number of primary amides is 2. The van der Waals surface area contributed by atoms with Crippen LogP contribution in [0.4, 0.5) is 27.7 Å². The number of anilines is 4. The SMILES string of the molecule is CC(C)(C)OC(=O)N1CCC(C#CCOc2cc(C(N)=O)cc(N)c2NC/C=C/CNc2ncc(C(N)=O)cc2N)CC1. The van der Waals surface area contributed by atoms with Gasteiger partial charge in [-0.25, -0.2) is 9.78 Å². The van der Waals surface area contributed by atoms with E-state index in [-0.39, 0.29) is 29.7 Å². The van der Waals surface area contributed by atoms with Crippen molar-refractivity contribution in [2.75, 3.05) is 54.9 Å². The summed E-state index contributed by atoms with van der Waals surface area (Å²) >= 11 is 0. The van der Waals surface area contributed by atoms with Gasteiger partial charge in [-0.15, -0.1) is 0 Å². The number of nitrogen functional groups attached to an aromatic ring is 2. The van der Waals surface area contributed by atoms with Crippen molar-refractivity contribution in [1.82, 2.24) is 9.88 Å². The Balaban J connectivity index is 1.53. The number of piperidine rings is 1. The number of hydrogen-bond donors (Lipinski definition) is 6. The lowest BCUT2D eigenvalue weighted by atomic mass is 9.98. The molecule has 0 bridgehead atoms. The minimum Gasteiger partial charge on any atom is -0.479 e. The molecule has 0 aliphatic carbocycles. The zero-order valence-electron chi connectivity index (χ0n) is 24.7. The van der Waals surface area contributed by atoms with Crippen molar-refractivity contribution in [3.8, 4) is 17.6 Å². The Morgan fingerprint density at radius 3 is 2.23 bits per heavy atom. The van der Waals surface area contributed by atoms with Gasteiger partial charge in [-0.2, -0.15) is 0 Å². The van der Waals surface area contributed by atoms with Crippen LogP contribution in [0.5, 0.6) is 5.75 Å². The number of nitrogens with zero attached hydrogens (tertiary/aromatic N) is 2. The van der Waals surface area contributed by atoms with Crippen LogP contribution < -0.4 is 38.3 Å². The van der Waals surface area contributed by atoms with E-state index in [9.17, 15) is 14.4 Å². The summed E-state index contributed by atoms with van der Waals surface area (Å²) in [6, 6.07) is 4.47. The maximum absolute atomic E-state index is 12.3. The summed E-state index contributed by atoms with van der Waals surface area (Å²) in [6.07, 6.45) is 6.24. The van der Waals surface area contributed by atoms with Crippen LogP contribution in [0.3, 0.4) is 0 Å². The van der Waals surface area contributed by atoms with Crippen LogP contribution in [0.15, 0.2) is 36.5 Å². The third-order valence-electron chi connectivity index (χ3n) is 6.32. The average Bonchev–Trinajstić information content (AvgIpc) is 2.93. The number of likely N-dealkylation sites (tertiary alicyclic amines) is 1. The lowest BCUT2D eigenvalue weighted by molar-refractivity contribution is 0.0199. The molecule has 1 aromatic heterocycles. The van der Waals surface area contributed by atoms with Crippen molar-refractivity contribution in [3.63, 3.8) is 0 Å². The molecule has 0 radical (unpaired) electrons. The standard InChI is InChI=1S/C30H40N8O5/c1-30(2,3)43-29(41)38-12-8-19(9-13-38)7-6-14-42-24-17-20(26(33)39)15-22(31)25(24)35-10-4-5-11-36-28-23(32)16-21(18-37-28)27(34)40/h4-5,15-19,35H,8-14,31-32H2,1-3H3,(H2,33,39)(H2,34,40)(H,36,37)/b5-4+. The van der Waals surface area contributed by atoms with Gasteiger partial charge in [-0.05, 0) is 51.8 Å². The fourth-order valence-electron chi connectivity index (χ4n) is 4.16. The maximum atomic E-state index is 12.3. The number of nitrogens with one attached hydrogen (secondary N) is 2. The highest BCUT2D eigenvalue weighted by Crippen LogP contribution is 2.32. The summed E-state index contributed by atoms with van der Waals surface area (Å²) in [5, 5.41) is 6.25. The van der Waals surface area contributed by atoms with E-state index < -0.39 is 17.4 Å². The molecule has 0 spiro atoms. The van der Waals surface area contributed by atoms with E-state index in [4.69, 9.17) is 32.4 Å². The first-order chi connectivity index (χ1) is 20.3. The molecule has 1 saturated heterocycles. The monoisotopic (exact) mass is 592 g/mol. The number of aromatic nitrogens is 1. The van der Waals surface area contributed by atoms with Gasteiger partial charge in [0.05, 0.1) is 16.9 Å². The number of rotatable bonds is 10. The van der Waals surface area contributed by atoms with Crippen molar-refractivity contribution in [2.45, 2.75) is 39.2 Å². The molecule has 2 heterocycles. The maximum Gasteiger partial charge on any atom is 0.410 e. The van der Waals surface area contributed by atoms with E-state index in [0.717, 1.165) is 12.8 Å². The molecule has 1 aromatic carbocycles. The largest absolute Gasteiger partial charge is 0.479 e. The lowest BCUT2D eigenvalue weighted by Crippen LogP contribution is -2.41. The minimum absolute atomic E-state index is 0.0747. The average molecular weight is 593 g/mol. The van der Waals surface area contributed by atoms with Crippen LogP contribution in [0.1, 0.15) is 54.3 Å². The predicted molar refractivity (Wildman–Crippen MR) is 166 cm³/mol. The molecule has 1 aliphatic heterocycles. The molecule has 13 heteroatoms. The van der Waals surface area contributed by atoms with E-state index in [1.165, 1.54) is 24.4 Å². The summed E-state index contributed by atoms with van der Waals surface area (Å²) < 4.78 is 11.3. The molecule has 0 saturated carbocycles. The van der Waals surface area contributed by atoms with E-state index in [2.05, 4.69) is 27.5 Å². The van der Waals surface area contributed by atoms with Gasteiger partial charge < -0.3 is 47.9 Å². The molecule has 1 aliphatic rings. The topological polar surface area (TPSA) is 214 Å². The van der Waals surface area contributed by atoms with Crippen LogP contribution in [0.25, 0.3) is 0 Å². The second-order valence-electron chi connectivity index (χ2n) is 10.9. The highest BCUT2D eigenvalue weighted by molar-refractivity contribution is 5.96. The molecular formula is C30H40N8O5. The van der Waals surface area contributed by atoms with E-state index in [0.29, 0.717) is 54.8 Å². The van der Waals surface area contributed by atoms with Crippen LogP contribution in [0.2, 0.25) is 0 Å². The summed E-state index contributed by atoms with van der Waals surface area (Å²) in [6.45, 7) is 7.58. The van der Waals surface area contributed by atoms with Gasteiger partial charge in [0.25, 0.3) is 0 Å². The summed E-state index contributed by atoms with van der Waals surface area (Å²) in [5.74, 6) is 5.93. The number of pyridine rings is 1. The Morgan fingerprint density at radius 2 is 1.63 bits per heavy atom. The molecule has 0 unspecified atom stereocenters. The zero-order valence-corrected chi connectivity index (χ0v) is 24.7. The molecule has 3 amide bonds. The van der Waals surface area contributed by atoms with Crippen molar-refractivity contribution >= 4 is 40.8 Å². The molecule has 0 atom stereocenters. The number of ether oxygens (including phenoxy) is 2. The first-order valence-electron chi connectivity index (χ1n) is 13.8. The smallest absolute Gasteiger partial charge is 0.410 e. The van der Waals surface area contributed by atoms with E-state index in [1.807, 2.05) is 32.9 Å². The second-order valence-corrected chi connectivity index (χ2v) is 10.9. The highest BCUT2D eigenvalue weighted by atomic mass is 16.6. The Kier molecular flexibility index (Phi) is 11.1. The summed E-state index contributed by atoms with van der Waals surface area (Å²) in [5.41, 5.74) is 23.8. The van der Waals surface area contributed by atoms with Crippen LogP contribution >= 0.6 is 0 Å². The first-order valence-corrected chi connectivity index (χ1v) is 13.8. The van der Waals surface area contributed by atoms with Crippen molar-refractivity contribution < 1.29 is 23.9 Å². The number of carbonyl (C=O) groups excluding carboxylic acids is 3. The molecule has 13 nitrogen and oxygen atoms in total. The van der Waals surface area contributed by atoms with Gasteiger partial charge in [0.1, 0.15) is 29.5 Å². The van der Waals surface area contributed by atoms with Crippen LogP contribution in [-0.2, 0) is 4.74 Å². The molecule has 10 N–H and O–H groups in total. The van der Waals surface area contributed by atoms with Gasteiger partial charge in [0.2, 0.25) is 11.8 Å². The molecular weight excluding hydrogens is 552 g/mol. The first kappa shape index (κ1) is 32.4. The number of amides is 3. The number of nitrogens with two attached hydrogens (primary N) is 4. The quantitative estimate of drug-likeness (QED) is 0.135. The third-order valence-corrected chi connectivity index (χ3v) is 6.32. The predicted octanol–water partition coefficient (Wildman–Crippen LogP) is 2.55. The van der Waals surface area contributed by atoms with E-state index >= 15 is 0 Å². The molecule has 2 aromatic rings. The summed E-state index contributed by atoms with van der Waals surface area (Å²) in [7, 11) is 0. The van der Waals surface area contributed by atoms with Crippen molar-refractivity contribution in [2.24, 2.45) is 17.4 Å². The zero-order chi connectivity index (χ0) is 31.6. The number of hydrogen-bond acceptors (Lipinski definition) is 10. The van der Waals surface area contributed by atoms with Crippen molar-refractivity contribution in [1.29, 1.82) is 0 Å². The van der Waals surface area contributed by atoms with E-state index in [1.54, 1.807) is 4.90 Å². The Labute approximate surface area is 251 Å². The minimum atomic E-state index is -0.631. The fraction of sp³-hybridized carbons (Fsp3) is 0.400. The van der Waals surface area contributed by atoms with Gasteiger partial charge in [0.15, 0.2) is 0 Å². The van der Waals surface area contributed by atoms with Crippen LogP contribution in [-0.4, -0.2) is 66.2 Å². The second kappa shape index (κ2) is 14.7. The Hall–Kier alpha value is -5.12. The third kappa shape index (κ3) is 10.0. The van der Waals surface area contributed by atoms with Gasteiger partial charge in [0, 0.05) is 43.9 Å². The molecule has 230 valence electrons. The van der Waals surface area contributed by atoms with Crippen molar-refractivity contribution in [3.05, 3.63) is 47.7 Å². The van der Waals surface area contributed by atoms with Gasteiger partial charge in [-0.3, -0.25) is 9.59 Å². The van der Waals surface area contributed by atoms with Crippen LogP contribution in [0, 0.1) is 17.8 Å².